The van der Waals surface area contributed by atoms with Gasteiger partial charge in [-0.05, 0) is 38.1 Å². The van der Waals surface area contributed by atoms with Crippen molar-refractivity contribution in [1.82, 2.24) is 10.2 Å². The number of halogens is 1. The van der Waals surface area contributed by atoms with E-state index in [-0.39, 0.29) is 30.6 Å². The molecule has 1 rings (SSSR count). The van der Waals surface area contributed by atoms with E-state index in [1.807, 2.05) is 0 Å². The van der Waals surface area contributed by atoms with Crippen LogP contribution in [0.25, 0.3) is 0 Å². The Kier molecular flexibility index (Phi) is 6.24. The Morgan fingerprint density at radius 2 is 2.00 bits per heavy atom. The predicted octanol–water partition coefficient (Wildman–Crippen LogP) is 1.62. The van der Waals surface area contributed by atoms with Crippen LogP contribution in [-0.4, -0.2) is 48.4 Å². The summed E-state index contributed by atoms with van der Waals surface area (Å²) in [6, 6.07) is 5.18. The highest BCUT2D eigenvalue weighted by Gasteiger charge is 2.15. The van der Waals surface area contributed by atoms with Gasteiger partial charge in [-0.25, -0.2) is 9.18 Å². The Morgan fingerprint density at radius 1 is 1.40 bits per heavy atom. The normalized spacial score (nSPS) is 13.4. The molecule has 2 amide bonds. The van der Waals surface area contributed by atoms with Crippen LogP contribution in [0.15, 0.2) is 24.3 Å². The second kappa shape index (κ2) is 7.69. The Hall–Kier alpha value is -1.82. The van der Waals surface area contributed by atoms with Gasteiger partial charge in [-0.15, -0.1) is 0 Å². The van der Waals surface area contributed by atoms with Crippen molar-refractivity contribution in [3.63, 3.8) is 0 Å². The van der Waals surface area contributed by atoms with E-state index in [4.69, 9.17) is 9.84 Å². The Balaban J connectivity index is 2.37. The minimum atomic E-state index is -0.321. The fourth-order valence-electron chi connectivity index (χ4n) is 1.47. The minimum Gasteiger partial charge on any atom is -0.489 e. The molecule has 0 heterocycles. The molecule has 6 heteroatoms. The molecule has 0 aromatic heterocycles. The monoisotopic (exact) mass is 284 g/mol. The third-order valence-corrected chi connectivity index (χ3v) is 2.94. The van der Waals surface area contributed by atoms with E-state index >= 15 is 0 Å². The number of carbonyl (C=O) groups excluding carboxylic acids is 1. The lowest BCUT2D eigenvalue weighted by Gasteiger charge is -2.24. The maximum Gasteiger partial charge on any atom is 0.317 e. The molecule has 0 aliphatic heterocycles. The number of aliphatic hydroxyl groups excluding tert-OH is 1. The van der Waals surface area contributed by atoms with Crippen molar-refractivity contribution in [2.24, 2.45) is 0 Å². The first-order valence-corrected chi connectivity index (χ1v) is 6.47. The molecule has 1 aromatic rings. The molecule has 0 saturated heterocycles. The number of likely N-dealkylation sites (N-methyl/N-ethyl adjacent to an activating group) is 1. The summed E-state index contributed by atoms with van der Waals surface area (Å²) in [5.74, 6) is 0.225. The molecule has 0 spiro atoms. The first kappa shape index (κ1) is 16.2. The van der Waals surface area contributed by atoms with Crippen LogP contribution in [0.2, 0.25) is 0 Å². The first-order chi connectivity index (χ1) is 9.43. The van der Waals surface area contributed by atoms with Crippen molar-refractivity contribution >= 4 is 6.03 Å². The van der Waals surface area contributed by atoms with Crippen molar-refractivity contribution < 1.29 is 19.0 Å². The zero-order chi connectivity index (χ0) is 15.1. The molecular weight excluding hydrogens is 263 g/mol. The van der Waals surface area contributed by atoms with Gasteiger partial charge in [0.15, 0.2) is 0 Å². The van der Waals surface area contributed by atoms with Crippen molar-refractivity contribution in [3.05, 3.63) is 30.1 Å². The molecule has 0 saturated carbocycles. The van der Waals surface area contributed by atoms with Crippen LogP contribution in [-0.2, 0) is 0 Å². The lowest BCUT2D eigenvalue weighted by molar-refractivity contribution is 0.151. The highest BCUT2D eigenvalue weighted by Crippen LogP contribution is 2.12. The second-order valence-electron chi connectivity index (χ2n) is 4.71. The Bertz CT molecular complexity index is 425. The summed E-state index contributed by atoms with van der Waals surface area (Å²) in [5.41, 5.74) is 0. The van der Waals surface area contributed by atoms with Gasteiger partial charge in [-0.3, -0.25) is 0 Å². The Morgan fingerprint density at radius 3 is 2.55 bits per heavy atom. The molecule has 0 radical (unpaired) electrons. The lowest BCUT2D eigenvalue weighted by atomic mass is 10.3. The molecule has 5 nitrogen and oxygen atoms in total. The van der Waals surface area contributed by atoms with Gasteiger partial charge < -0.3 is 20.1 Å². The lowest BCUT2D eigenvalue weighted by Crippen LogP contribution is -2.46. The summed E-state index contributed by atoms with van der Waals surface area (Å²) in [6.07, 6.45) is -0.248. The van der Waals surface area contributed by atoms with Crippen LogP contribution < -0.4 is 10.1 Å². The van der Waals surface area contributed by atoms with E-state index in [2.05, 4.69) is 5.32 Å². The number of nitrogens with zero attached hydrogens (tertiary/aromatic N) is 1. The molecule has 0 aliphatic carbocycles. The maximum atomic E-state index is 12.7. The van der Waals surface area contributed by atoms with Gasteiger partial charge in [0.1, 0.15) is 17.7 Å². The van der Waals surface area contributed by atoms with E-state index in [0.29, 0.717) is 12.3 Å². The summed E-state index contributed by atoms with van der Waals surface area (Å²) in [7, 11) is 1.61. The van der Waals surface area contributed by atoms with E-state index in [0.717, 1.165) is 0 Å². The molecule has 0 aliphatic rings. The van der Waals surface area contributed by atoms with Crippen LogP contribution in [0, 0.1) is 5.82 Å². The van der Waals surface area contributed by atoms with Crippen molar-refractivity contribution in [3.8, 4) is 5.75 Å². The third-order valence-electron chi connectivity index (χ3n) is 2.94. The van der Waals surface area contributed by atoms with Crippen LogP contribution in [0.4, 0.5) is 9.18 Å². The topological polar surface area (TPSA) is 61.8 Å². The first-order valence-electron chi connectivity index (χ1n) is 6.47. The summed E-state index contributed by atoms with van der Waals surface area (Å²) in [5, 5.41) is 11.7. The van der Waals surface area contributed by atoms with Crippen LogP contribution >= 0.6 is 0 Å². The average Bonchev–Trinajstić information content (AvgIpc) is 2.45. The summed E-state index contributed by atoms with van der Waals surface area (Å²) >= 11 is 0. The van der Waals surface area contributed by atoms with Gasteiger partial charge in [-0.2, -0.15) is 0 Å². The van der Waals surface area contributed by atoms with Gasteiger partial charge in [0.25, 0.3) is 0 Å². The molecule has 2 N–H and O–H groups in total. The zero-order valence-electron chi connectivity index (χ0n) is 12.0. The van der Waals surface area contributed by atoms with Crippen LogP contribution in [0.3, 0.4) is 0 Å². The zero-order valence-corrected chi connectivity index (χ0v) is 12.0. The SMILES string of the molecule is CC(CNC(=O)N(C)C(C)CO)Oc1ccc(F)cc1. The van der Waals surface area contributed by atoms with E-state index in [1.54, 1.807) is 20.9 Å². The van der Waals surface area contributed by atoms with Crippen molar-refractivity contribution in [2.75, 3.05) is 20.2 Å². The number of nitrogens with one attached hydrogen (secondary N) is 1. The quantitative estimate of drug-likeness (QED) is 0.834. The third kappa shape index (κ3) is 5.05. The molecule has 112 valence electrons. The average molecular weight is 284 g/mol. The fraction of sp³-hybridized carbons (Fsp3) is 0.500. The highest BCUT2D eigenvalue weighted by atomic mass is 19.1. The van der Waals surface area contributed by atoms with E-state index in [1.165, 1.54) is 29.2 Å². The van der Waals surface area contributed by atoms with E-state index in [9.17, 15) is 9.18 Å². The largest absolute Gasteiger partial charge is 0.489 e. The number of amides is 2. The van der Waals surface area contributed by atoms with Gasteiger partial charge in [0.2, 0.25) is 0 Å². The summed E-state index contributed by atoms with van der Waals surface area (Å²) in [4.78, 5) is 13.2. The van der Waals surface area contributed by atoms with Crippen LogP contribution in [0.5, 0.6) is 5.75 Å². The summed E-state index contributed by atoms with van der Waals surface area (Å²) < 4.78 is 18.3. The number of hydrogen-bond acceptors (Lipinski definition) is 3. The smallest absolute Gasteiger partial charge is 0.317 e. The number of ether oxygens (including phenoxy) is 1. The minimum absolute atomic E-state index is 0.0917. The van der Waals surface area contributed by atoms with Crippen molar-refractivity contribution in [1.29, 1.82) is 0 Å². The number of rotatable bonds is 6. The fourth-order valence-corrected chi connectivity index (χ4v) is 1.47. The standard InChI is InChI=1S/C14H21FN2O3/c1-10(9-18)17(3)14(19)16-8-11(2)20-13-6-4-12(15)5-7-13/h4-7,10-11,18H,8-9H2,1-3H3,(H,16,19). The van der Waals surface area contributed by atoms with E-state index < -0.39 is 0 Å². The second-order valence-corrected chi connectivity index (χ2v) is 4.71. The molecule has 2 unspecified atom stereocenters. The summed E-state index contributed by atoms with van der Waals surface area (Å²) in [6.45, 7) is 3.78. The molecule has 0 bridgehead atoms. The molecule has 20 heavy (non-hydrogen) atoms. The van der Waals surface area contributed by atoms with Gasteiger partial charge in [0, 0.05) is 7.05 Å². The van der Waals surface area contributed by atoms with Gasteiger partial charge >= 0.3 is 6.03 Å². The molecule has 1 aromatic carbocycles. The molecule has 2 atom stereocenters. The maximum absolute atomic E-state index is 12.7. The number of urea groups is 1. The van der Waals surface area contributed by atoms with Gasteiger partial charge in [-0.1, -0.05) is 0 Å². The van der Waals surface area contributed by atoms with Gasteiger partial charge in [0.05, 0.1) is 19.2 Å². The number of benzene rings is 1. The number of carbonyl (C=O) groups is 1. The van der Waals surface area contributed by atoms with Crippen LogP contribution in [0.1, 0.15) is 13.8 Å². The molecular formula is C14H21FN2O3. The Labute approximate surface area is 118 Å². The molecule has 0 fully saturated rings. The number of hydrogen-bond donors (Lipinski definition) is 2. The highest BCUT2D eigenvalue weighted by molar-refractivity contribution is 5.74. The predicted molar refractivity (Wildman–Crippen MR) is 74.2 cm³/mol. The number of aliphatic hydroxyl groups is 1. The van der Waals surface area contributed by atoms with Crippen molar-refractivity contribution in [2.45, 2.75) is 26.0 Å².